The van der Waals surface area contributed by atoms with Crippen LogP contribution in [-0.2, 0) is 4.79 Å². The highest BCUT2D eigenvalue weighted by molar-refractivity contribution is 6.37. The zero-order chi connectivity index (χ0) is 21.2. The van der Waals surface area contributed by atoms with Crippen LogP contribution >= 0.6 is 23.2 Å². The Labute approximate surface area is 181 Å². The van der Waals surface area contributed by atoms with Crippen molar-refractivity contribution in [2.24, 2.45) is 5.10 Å². The average Bonchev–Trinajstić information content (AvgIpc) is 2.70. The summed E-state index contributed by atoms with van der Waals surface area (Å²) in [6.07, 6.45) is 4.70. The van der Waals surface area contributed by atoms with Crippen LogP contribution in [-0.4, -0.2) is 17.5 Å². The number of halogens is 2. The molecule has 0 heterocycles. The van der Waals surface area contributed by atoms with E-state index < -0.39 is 0 Å². The standard InChI is InChI=1S/C22H25Cl2N3O2/c1-3-4-5-6-7-21(28)27-26-15(2)16-8-11-18(12-9-16)25-22(29)19-13-10-17(23)14-20(19)24/h8-14H,3-7H2,1-2H3,(H,25,29)(H,27,28)/b26-15-. The lowest BCUT2D eigenvalue weighted by molar-refractivity contribution is -0.121. The Balaban J connectivity index is 1.91. The van der Waals surface area contributed by atoms with Crippen molar-refractivity contribution in [3.05, 3.63) is 63.6 Å². The summed E-state index contributed by atoms with van der Waals surface area (Å²) < 4.78 is 0. The van der Waals surface area contributed by atoms with E-state index in [1.54, 1.807) is 24.3 Å². The highest BCUT2D eigenvalue weighted by atomic mass is 35.5. The van der Waals surface area contributed by atoms with Crippen molar-refractivity contribution < 1.29 is 9.59 Å². The molecular weight excluding hydrogens is 409 g/mol. The molecule has 0 aliphatic carbocycles. The van der Waals surface area contributed by atoms with Crippen molar-refractivity contribution in [2.75, 3.05) is 5.32 Å². The van der Waals surface area contributed by atoms with Gasteiger partial charge in [-0.15, -0.1) is 0 Å². The topological polar surface area (TPSA) is 70.6 Å². The number of anilines is 1. The van der Waals surface area contributed by atoms with Gasteiger partial charge in [0.05, 0.1) is 16.3 Å². The van der Waals surface area contributed by atoms with Gasteiger partial charge in [0.15, 0.2) is 0 Å². The summed E-state index contributed by atoms with van der Waals surface area (Å²) >= 11 is 11.9. The Kier molecular flexibility index (Phi) is 9.16. The number of hydrogen-bond donors (Lipinski definition) is 2. The number of hydrogen-bond acceptors (Lipinski definition) is 3. The van der Waals surface area contributed by atoms with Crippen molar-refractivity contribution in [1.82, 2.24) is 5.43 Å². The fourth-order valence-corrected chi connectivity index (χ4v) is 3.14. The monoisotopic (exact) mass is 433 g/mol. The van der Waals surface area contributed by atoms with E-state index in [4.69, 9.17) is 23.2 Å². The third-order valence-corrected chi connectivity index (χ3v) is 4.89. The normalized spacial score (nSPS) is 11.2. The molecule has 0 saturated heterocycles. The molecule has 154 valence electrons. The Bertz CT molecular complexity index is 880. The molecule has 2 aromatic carbocycles. The van der Waals surface area contributed by atoms with Crippen LogP contribution in [0.15, 0.2) is 47.6 Å². The molecule has 0 aliphatic heterocycles. The number of carbonyl (C=O) groups is 2. The fraction of sp³-hybridized carbons (Fsp3) is 0.318. The number of amides is 2. The molecule has 0 unspecified atom stereocenters. The molecule has 2 aromatic rings. The number of unbranched alkanes of at least 4 members (excludes halogenated alkanes) is 3. The number of carbonyl (C=O) groups excluding carboxylic acids is 2. The van der Waals surface area contributed by atoms with Gasteiger partial charge in [0.1, 0.15) is 0 Å². The number of benzene rings is 2. The van der Waals surface area contributed by atoms with Crippen molar-refractivity contribution in [3.63, 3.8) is 0 Å². The lowest BCUT2D eigenvalue weighted by Crippen LogP contribution is -2.18. The van der Waals surface area contributed by atoms with Crippen LogP contribution in [0.2, 0.25) is 10.0 Å². The van der Waals surface area contributed by atoms with E-state index in [0.717, 1.165) is 31.2 Å². The second-order valence-electron chi connectivity index (χ2n) is 6.70. The first-order valence-electron chi connectivity index (χ1n) is 9.60. The van der Waals surface area contributed by atoms with Gasteiger partial charge in [-0.1, -0.05) is 61.5 Å². The maximum absolute atomic E-state index is 12.4. The van der Waals surface area contributed by atoms with Gasteiger partial charge in [-0.2, -0.15) is 5.10 Å². The van der Waals surface area contributed by atoms with Crippen molar-refractivity contribution in [2.45, 2.75) is 46.0 Å². The van der Waals surface area contributed by atoms with Gasteiger partial charge in [-0.3, -0.25) is 9.59 Å². The van der Waals surface area contributed by atoms with Crippen molar-refractivity contribution >= 4 is 46.4 Å². The quantitative estimate of drug-likeness (QED) is 0.286. The van der Waals surface area contributed by atoms with Gasteiger partial charge in [-0.05, 0) is 49.2 Å². The molecule has 0 aromatic heterocycles. The molecule has 7 heteroatoms. The number of hydrazone groups is 1. The van der Waals surface area contributed by atoms with Gasteiger partial charge in [0.25, 0.3) is 5.91 Å². The van der Waals surface area contributed by atoms with Crippen LogP contribution in [0.25, 0.3) is 0 Å². The SMILES string of the molecule is CCCCCCC(=O)N/N=C(/C)c1ccc(NC(=O)c2ccc(Cl)cc2Cl)cc1. The molecule has 0 radical (unpaired) electrons. The van der Waals surface area contributed by atoms with E-state index in [9.17, 15) is 9.59 Å². The Morgan fingerprint density at radius 3 is 2.38 bits per heavy atom. The highest BCUT2D eigenvalue weighted by Gasteiger charge is 2.11. The molecule has 0 saturated carbocycles. The molecule has 5 nitrogen and oxygen atoms in total. The number of nitrogens with zero attached hydrogens (tertiary/aromatic N) is 1. The Morgan fingerprint density at radius 1 is 1.00 bits per heavy atom. The smallest absolute Gasteiger partial charge is 0.257 e. The fourth-order valence-electron chi connectivity index (χ4n) is 2.65. The first-order chi connectivity index (χ1) is 13.9. The van der Waals surface area contributed by atoms with E-state index in [1.807, 2.05) is 19.1 Å². The summed E-state index contributed by atoms with van der Waals surface area (Å²) in [5.41, 5.74) is 5.09. The zero-order valence-corrected chi connectivity index (χ0v) is 18.1. The summed E-state index contributed by atoms with van der Waals surface area (Å²) in [7, 11) is 0. The minimum Gasteiger partial charge on any atom is -0.322 e. The Morgan fingerprint density at radius 2 is 1.72 bits per heavy atom. The molecule has 0 aliphatic rings. The molecule has 0 bridgehead atoms. The Hall–Kier alpha value is -2.37. The first-order valence-corrected chi connectivity index (χ1v) is 10.4. The molecule has 2 N–H and O–H groups in total. The van der Waals surface area contributed by atoms with Crippen LogP contribution in [0.3, 0.4) is 0 Å². The van der Waals surface area contributed by atoms with E-state index in [1.165, 1.54) is 6.07 Å². The first kappa shape index (κ1) is 22.9. The van der Waals surface area contributed by atoms with E-state index in [0.29, 0.717) is 33.4 Å². The van der Waals surface area contributed by atoms with Gasteiger partial charge in [0.2, 0.25) is 5.91 Å². The van der Waals surface area contributed by atoms with E-state index in [-0.39, 0.29) is 11.8 Å². The van der Waals surface area contributed by atoms with Crippen LogP contribution < -0.4 is 10.7 Å². The van der Waals surface area contributed by atoms with Gasteiger partial charge < -0.3 is 5.32 Å². The lowest BCUT2D eigenvalue weighted by atomic mass is 10.1. The highest BCUT2D eigenvalue weighted by Crippen LogP contribution is 2.22. The predicted molar refractivity (Wildman–Crippen MR) is 120 cm³/mol. The second-order valence-corrected chi connectivity index (χ2v) is 7.54. The van der Waals surface area contributed by atoms with Crippen molar-refractivity contribution in [3.8, 4) is 0 Å². The third kappa shape index (κ3) is 7.52. The van der Waals surface area contributed by atoms with Gasteiger partial charge >= 0.3 is 0 Å². The molecule has 0 atom stereocenters. The van der Waals surface area contributed by atoms with Crippen LogP contribution in [0.4, 0.5) is 5.69 Å². The zero-order valence-electron chi connectivity index (χ0n) is 16.6. The maximum Gasteiger partial charge on any atom is 0.257 e. The average molecular weight is 434 g/mol. The van der Waals surface area contributed by atoms with E-state index >= 15 is 0 Å². The van der Waals surface area contributed by atoms with Gasteiger partial charge in [-0.25, -0.2) is 5.43 Å². The molecular formula is C22H25Cl2N3O2. The molecule has 0 spiro atoms. The summed E-state index contributed by atoms with van der Waals surface area (Å²) in [5.74, 6) is -0.399. The summed E-state index contributed by atoms with van der Waals surface area (Å²) in [4.78, 5) is 24.2. The summed E-state index contributed by atoms with van der Waals surface area (Å²) in [6, 6.07) is 11.9. The van der Waals surface area contributed by atoms with Crippen LogP contribution in [0.5, 0.6) is 0 Å². The molecule has 29 heavy (non-hydrogen) atoms. The second kappa shape index (κ2) is 11.6. The maximum atomic E-state index is 12.4. The predicted octanol–water partition coefficient (Wildman–Crippen LogP) is 6.06. The lowest BCUT2D eigenvalue weighted by Gasteiger charge is -2.08. The number of nitrogens with one attached hydrogen (secondary N) is 2. The number of rotatable bonds is 9. The summed E-state index contributed by atoms with van der Waals surface area (Å²) in [6.45, 7) is 3.95. The van der Waals surface area contributed by atoms with Crippen LogP contribution in [0.1, 0.15) is 61.9 Å². The van der Waals surface area contributed by atoms with E-state index in [2.05, 4.69) is 22.8 Å². The van der Waals surface area contributed by atoms with Crippen LogP contribution in [0, 0.1) is 0 Å². The molecule has 2 amide bonds. The molecule has 2 rings (SSSR count). The minimum absolute atomic E-state index is 0.0795. The van der Waals surface area contributed by atoms with Crippen molar-refractivity contribution in [1.29, 1.82) is 0 Å². The molecule has 0 fully saturated rings. The minimum atomic E-state index is -0.319. The van der Waals surface area contributed by atoms with Gasteiger partial charge in [0, 0.05) is 17.1 Å². The third-order valence-electron chi connectivity index (χ3n) is 4.34. The summed E-state index contributed by atoms with van der Waals surface area (Å²) in [5, 5.41) is 7.71. The largest absolute Gasteiger partial charge is 0.322 e.